The number of aromatic nitrogens is 1. The Kier molecular flexibility index (Phi) is 4.24. The molecule has 1 spiro atoms. The van der Waals surface area contributed by atoms with Crippen molar-refractivity contribution < 1.29 is 9.53 Å². The number of hydrogen-bond acceptors (Lipinski definition) is 5. The predicted molar refractivity (Wildman–Crippen MR) is 93.9 cm³/mol. The third-order valence-electron chi connectivity index (χ3n) is 4.83. The molecule has 0 unspecified atom stereocenters. The molecule has 2 saturated heterocycles. The van der Waals surface area contributed by atoms with Gasteiger partial charge in [-0.05, 0) is 19.4 Å². The molecule has 3 heterocycles. The minimum Gasteiger partial charge on any atom is -0.441 e. The molecule has 0 bridgehead atoms. The van der Waals surface area contributed by atoms with Crippen molar-refractivity contribution in [3.05, 3.63) is 40.7 Å². The highest BCUT2D eigenvalue weighted by atomic mass is 32.1. The molecule has 1 N–H and O–H groups in total. The highest BCUT2D eigenvalue weighted by Crippen LogP contribution is 2.30. The molecule has 1 aromatic heterocycles. The van der Waals surface area contributed by atoms with Crippen LogP contribution in [0, 0.1) is 0 Å². The van der Waals surface area contributed by atoms with E-state index in [0.717, 1.165) is 49.6 Å². The Hall–Kier alpha value is -1.92. The number of hydrogen-bond donors (Lipinski definition) is 1. The number of amides is 1. The molecule has 2 aliphatic rings. The Morgan fingerprint density at radius 3 is 2.92 bits per heavy atom. The molecule has 0 aliphatic carbocycles. The number of nitrogens with zero attached hydrogens (tertiary/aromatic N) is 2. The van der Waals surface area contributed by atoms with Crippen LogP contribution in [0.15, 0.2) is 35.7 Å². The molecule has 1 aromatic carbocycles. The first-order valence-corrected chi connectivity index (χ1v) is 9.29. The van der Waals surface area contributed by atoms with E-state index in [0.29, 0.717) is 6.54 Å². The number of nitrogens with one attached hydrogen (secondary N) is 1. The molecule has 126 valence electrons. The lowest BCUT2D eigenvalue weighted by Gasteiger charge is -2.24. The third-order valence-corrected chi connectivity index (χ3v) is 5.67. The molecular weight excluding hydrogens is 322 g/mol. The molecule has 5 nitrogen and oxygen atoms in total. The number of benzene rings is 1. The van der Waals surface area contributed by atoms with Gasteiger partial charge in [0.05, 0.1) is 18.8 Å². The summed E-state index contributed by atoms with van der Waals surface area (Å²) in [5, 5.41) is 6.08. The van der Waals surface area contributed by atoms with E-state index in [2.05, 4.69) is 27.7 Å². The van der Waals surface area contributed by atoms with Crippen LogP contribution in [-0.2, 0) is 11.3 Å². The van der Waals surface area contributed by atoms with Crippen molar-refractivity contribution in [2.75, 3.05) is 19.6 Å². The van der Waals surface area contributed by atoms with E-state index in [4.69, 9.17) is 9.72 Å². The van der Waals surface area contributed by atoms with Crippen molar-refractivity contribution >= 4 is 17.4 Å². The van der Waals surface area contributed by atoms with Crippen LogP contribution in [0.25, 0.3) is 11.3 Å². The SMILES string of the molecule is O=C1NC[C@@]2(CCCN(Cc3nc(-c4ccccc4)cs3)CC2)O1. The smallest absolute Gasteiger partial charge is 0.407 e. The summed E-state index contributed by atoms with van der Waals surface area (Å²) in [5.74, 6) is 0. The number of thiazole rings is 1. The summed E-state index contributed by atoms with van der Waals surface area (Å²) in [6.45, 7) is 3.48. The first kappa shape index (κ1) is 15.6. The highest BCUT2D eigenvalue weighted by Gasteiger charge is 2.41. The monoisotopic (exact) mass is 343 g/mol. The van der Waals surface area contributed by atoms with Gasteiger partial charge in [0.2, 0.25) is 0 Å². The van der Waals surface area contributed by atoms with Gasteiger partial charge in [-0.15, -0.1) is 11.3 Å². The van der Waals surface area contributed by atoms with Crippen LogP contribution in [0.3, 0.4) is 0 Å². The van der Waals surface area contributed by atoms with Crippen LogP contribution in [0.5, 0.6) is 0 Å². The van der Waals surface area contributed by atoms with Crippen molar-refractivity contribution in [1.82, 2.24) is 15.2 Å². The fourth-order valence-corrected chi connectivity index (χ4v) is 4.32. The van der Waals surface area contributed by atoms with Crippen molar-refractivity contribution in [1.29, 1.82) is 0 Å². The maximum atomic E-state index is 11.4. The van der Waals surface area contributed by atoms with Gasteiger partial charge in [-0.2, -0.15) is 0 Å². The lowest BCUT2D eigenvalue weighted by atomic mass is 9.95. The zero-order valence-corrected chi connectivity index (χ0v) is 14.3. The maximum Gasteiger partial charge on any atom is 0.407 e. The minimum atomic E-state index is -0.288. The number of rotatable bonds is 3. The molecule has 6 heteroatoms. The van der Waals surface area contributed by atoms with E-state index >= 15 is 0 Å². The second kappa shape index (κ2) is 6.53. The topological polar surface area (TPSA) is 54.5 Å². The molecule has 2 fully saturated rings. The Morgan fingerprint density at radius 1 is 1.25 bits per heavy atom. The van der Waals surface area contributed by atoms with Crippen molar-refractivity contribution in [3.8, 4) is 11.3 Å². The largest absolute Gasteiger partial charge is 0.441 e. The van der Waals surface area contributed by atoms with Crippen LogP contribution < -0.4 is 5.32 Å². The molecule has 24 heavy (non-hydrogen) atoms. The molecule has 1 amide bonds. The average molecular weight is 343 g/mol. The third kappa shape index (κ3) is 3.30. The van der Waals surface area contributed by atoms with Gasteiger partial charge in [0.1, 0.15) is 10.6 Å². The molecular formula is C18H21N3O2S. The summed E-state index contributed by atoms with van der Waals surface area (Å²) in [6, 6.07) is 10.3. The van der Waals surface area contributed by atoms with Crippen molar-refractivity contribution in [2.45, 2.75) is 31.4 Å². The average Bonchev–Trinajstić information content (AvgIpc) is 3.15. The van der Waals surface area contributed by atoms with E-state index in [-0.39, 0.29) is 11.7 Å². The first-order valence-electron chi connectivity index (χ1n) is 8.42. The summed E-state index contributed by atoms with van der Waals surface area (Å²) in [7, 11) is 0. The quantitative estimate of drug-likeness (QED) is 0.929. The van der Waals surface area contributed by atoms with Gasteiger partial charge in [0.15, 0.2) is 0 Å². The van der Waals surface area contributed by atoms with E-state index < -0.39 is 0 Å². The Bertz CT molecular complexity index is 718. The van der Waals surface area contributed by atoms with Gasteiger partial charge in [0.25, 0.3) is 0 Å². The zero-order chi connectivity index (χ0) is 16.4. The van der Waals surface area contributed by atoms with Gasteiger partial charge in [-0.3, -0.25) is 4.90 Å². The van der Waals surface area contributed by atoms with E-state index in [1.54, 1.807) is 11.3 Å². The Labute approximate surface area is 145 Å². The molecule has 1 atom stereocenters. The van der Waals surface area contributed by atoms with E-state index in [9.17, 15) is 4.79 Å². The second-order valence-corrected chi connectivity index (χ2v) is 7.49. The summed E-state index contributed by atoms with van der Waals surface area (Å²) in [4.78, 5) is 18.6. The standard InChI is InChI=1S/C18H21N3O2S/c22-17-19-13-18(23-17)7-4-9-21(10-8-18)11-16-20-15(12-24-16)14-5-2-1-3-6-14/h1-3,5-6,12H,4,7-11,13H2,(H,19,22)/t18-/m0/s1. The normalized spacial score (nSPS) is 24.6. The molecule has 0 saturated carbocycles. The summed E-state index contributed by atoms with van der Waals surface area (Å²) < 4.78 is 5.54. The summed E-state index contributed by atoms with van der Waals surface area (Å²) in [6.07, 6.45) is 2.61. The molecule has 2 aliphatic heterocycles. The van der Waals surface area contributed by atoms with Gasteiger partial charge in [-0.1, -0.05) is 30.3 Å². The van der Waals surface area contributed by atoms with Gasteiger partial charge in [-0.25, -0.2) is 9.78 Å². The predicted octanol–water partition coefficient (Wildman–Crippen LogP) is 3.27. The Balaban J connectivity index is 1.39. The van der Waals surface area contributed by atoms with E-state index in [1.807, 2.05) is 18.2 Å². The van der Waals surface area contributed by atoms with E-state index in [1.165, 1.54) is 5.56 Å². The lowest BCUT2D eigenvalue weighted by Crippen LogP contribution is -2.34. The maximum absolute atomic E-state index is 11.4. The number of ether oxygens (including phenoxy) is 1. The fraction of sp³-hybridized carbons (Fsp3) is 0.444. The first-order chi connectivity index (χ1) is 11.7. The number of carbonyl (C=O) groups excluding carboxylic acids is 1. The number of alkyl carbamates (subject to hydrolysis) is 1. The van der Waals surface area contributed by atoms with Crippen LogP contribution >= 0.6 is 11.3 Å². The number of carbonyl (C=O) groups is 1. The summed E-state index contributed by atoms with van der Waals surface area (Å²) in [5.41, 5.74) is 1.93. The lowest BCUT2D eigenvalue weighted by molar-refractivity contribution is 0.0443. The van der Waals surface area contributed by atoms with Crippen LogP contribution in [-0.4, -0.2) is 41.2 Å². The molecule has 2 aromatic rings. The van der Waals surface area contributed by atoms with Crippen LogP contribution in [0.1, 0.15) is 24.3 Å². The fourth-order valence-electron chi connectivity index (χ4n) is 3.48. The minimum absolute atomic E-state index is 0.268. The summed E-state index contributed by atoms with van der Waals surface area (Å²) >= 11 is 1.72. The Morgan fingerprint density at radius 2 is 2.12 bits per heavy atom. The van der Waals surface area contributed by atoms with Crippen molar-refractivity contribution in [3.63, 3.8) is 0 Å². The van der Waals surface area contributed by atoms with Gasteiger partial charge < -0.3 is 10.1 Å². The van der Waals surface area contributed by atoms with Crippen molar-refractivity contribution in [2.24, 2.45) is 0 Å². The molecule has 0 radical (unpaired) electrons. The van der Waals surface area contributed by atoms with Crippen LogP contribution in [0.4, 0.5) is 4.79 Å². The number of likely N-dealkylation sites (tertiary alicyclic amines) is 1. The molecule has 4 rings (SSSR count). The highest BCUT2D eigenvalue weighted by molar-refractivity contribution is 7.09. The second-order valence-electron chi connectivity index (χ2n) is 6.55. The zero-order valence-electron chi connectivity index (χ0n) is 13.5. The van der Waals surface area contributed by atoms with Gasteiger partial charge in [0, 0.05) is 23.9 Å². The van der Waals surface area contributed by atoms with Crippen LogP contribution in [0.2, 0.25) is 0 Å². The van der Waals surface area contributed by atoms with Gasteiger partial charge >= 0.3 is 6.09 Å².